The Kier molecular flexibility index (Phi) is 8.15. The lowest BCUT2D eigenvalue weighted by Gasteiger charge is -2.28. The molecule has 0 aromatic carbocycles. The van der Waals surface area contributed by atoms with Crippen LogP contribution in [0.15, 0.2) is 0 Å². The SMILES string of the molecule is CC(C)CC(C)OCCC(=O)NC1CCC(CO)CC1. The fraction of sp³-hybridized carbons (Fsp3) is 0.938. The van der Waals surface area contributed by atoms with E-state index in [-0.39, 0.29) is 18.6 Å². The van der Waals surface area contributed by atoms with Gasteiger partial charge in [0.25, 0.3) is 0 Å². The fourth-order valence-corrected chi connectivity index (χ4v) is 2.87. The number of ether oxygens (including phenoxy) is 1. The Labute approximate surface area is 123 Å². The lowest BCUT2D eigenvalue weighted by molar-refractivity contribution is -0.123. The summed E-state index contributed by atoms with van der Waals surface area (Å²) in [4.78, 5) is 11.8. The van der Waals surface area contributed by atoms with Gasteiger partial charge in [-0.15, -0.1) is 0 Å². The van der Waals surface area contributed by atoms with Gasteiger partial charge in [-0.1, -0.05) is 13.8 Å². The molecule has 1 rings (SSSR count). The van der Waals surface area contributed by atoms with Crippen LogP contribution < -0.4 is 5.32 Å². The van der Waals surface area contributed by atoms with Gasteiger partial charge in [-0.05, 0) is 50.9 Å². The summed E-state index contributed by atoms with van der Waals surface area (Å²) in [6, 6.07) is 0.290. The van der Waals surface area contributed by atoms with Crippen molar-refractivity contribution < 1.29 is 14.6 Å². The molecule has 0 aromatic heterocycles. The summed E-state index contributed by atoms with van der Waals surface area (Å²) in [7, 11) is 0. The molecule has 1 saturated carbocycles. The number of aliphatic hydroxyl groups excluding tert-OH is 1. The monoisotopic (exact) mass is 285 g/mol. The molecule has 2 N–H and O–H groups in total. The van der Waals surface area contributed by atoms with E-state index in [4.69, 9.17) is 9.84 Å². The fourth-order valence-electron chi connectivity index (χ4n) is 2.87. The molecule has 0 saturated heterocycles. The zero-order chi connectivity index (χ0) is 15.0. The maximum atomic E-state index is 11.8. The third-order valence-electron chi connectivity index (χ3n) is 4.00. The first-order chi connectivity index (χ1) is 9.51. The maximum absolute atomic E-state index is 11.8. The van der Waals surface area contributed by atoms with Gasteiger partial charge in [-0.3, -0.25) is 4.79 Å². The molecule has 1 aliphatic rings. The number of carbonyl (C=O) groups is 1. The van der Waals surface area contributed by atoms with Crippen molar-refractivity contribution in [2.24, 2.45) is 11.8 Å². The van der Waals surface area contributed by atoms with Crippen LogP contribution in [0.1, 0.15) is 59.3 Å². The van der Waals surface area contributed by atoms with Gasteiger partial charge in [0.05, 0.1) is 12.7 Å². The average molecular weight is 285 g/mol. The largest absolute Gasteiger partial charge is 0.396 e. The topological polar surface area (TPSA) is 58.6 Å². The summed E-state index contributed by atoms with van der Waals surface area (Å²) in [5.41, 5.74) is 0. The van der Waals surface area contributed by atoms with Crippen molar-refractivity contribution in [3.05, 3.63) is 0 Å². The van der Waals surface area contributed by atoms with Crippen LogP contribution in [0.4, 0.5) is 0 Å². The molecule has 4 heteroatoms. The Morgan fingerprint density at radius 3 is 2.45 bits per heavy atom. The molecule has 1 unspecified atom stereocenters. The molecule has 1 atom stereocenters. The Hall–Kier alpha value is -0.610. The van der Waals surface area contributed by atoms with Crippen LogP contribution >= 0.6 is 0 Å². The summed E-state index contributed by atoms with van der Waals surface area (Å²) >= 11 is 0. The van der Waals surface area contributed by atoms with E-state index in [0.717, 1.165) is 32.1 Å². The molecule has 1 aliphatic carbocycles. The average Bonchev–Trinajstić information content (AvgIpc) is 2.38. The van der Waals surface area contributed by atoms with Crippen LogP contribution in [0.2, 0.25) is 0 Å². The Morgan fingerprint density at radius 1 is 1.25 bits per heavy atom. The summed E-state index contributed by atoms with van der Waals surface area (Å²) in [5.74, 6) is 1.15. The summed E-state index contributed by atoms with van der Waals surface area (Å²) < 4.78 is 5.65. The van der Waals surface area contributed by atoms with Gasteiger partial charge in [-0.25, -0.2) is 0 Å². The van der Waals surface area contributed by atoms with Crippen molar-refractivity contribution in [3.63, 3.8) is 0 Å². The highest BCUT2D eigenvalue weighted by Gasteiger charge is 2.21. The van der Waals surface area contributed by atoms with Crippen LogP contribution in [0, 0.1) is 11.8 Å². The van der Waals surface area contributed by atoms with E-state index >= 15 is 0 Å². The van der Waals surface area contributed by atoms with Crippen molar-refractivity contribution in [2.75, 3.05) is 13.2 Å². The molecule has 0 heterocycles. The van der Waals surface area contributed by atoms with Crippen molar-refractivity contribution in [3.8, 4) is 0 Å². The highest BCUT2D eigenvalue weighted by Crippen LogP contribution is 2.23. The Balaban J connectivity index is 2.09. The normalized spacial score (nSPS) is 24.6. The number of carbonyl (C=O) groups excluding carboxylic acids is 1. The van der Waals surface area contributed by atoms with E-state index in [9.17, 15) is 4.79 Å². The highest BCUT2D eigenvalue weighted by atomic mass is 16.5. The third-order valence-corrected chi connectivity index (χ3v) is 4.00. The van der Waals surface area contributed by atoms with Crippen LogP contribution in [-0.4, -0.2) is 36.4 Å². The molecular formula is C16H31NO3. The number of aliphatic hydroxyl groups is 1. The molecule has 1 fully saturated rings. The number of hydrogen-bond acceptors (Lipinski definition) is 3. The summed E-state index contributed by atoms with van der Waals surface area (Å²) in [5, 5.41) is 12.2. The van der Waals surface area contributed by atoms with Gasteiger partial charge < -0.3 is 15.2 Å². The maximum Gasteiger partial charge on any atom is 0.222 e. The van der Waals surface area contributed by atoms with Gasteiger partial charge in [0, 0.05) is 19.1 Å². The van der Waals surface area contributed by atoms with Crippen LogP contribution in [-0.2, 0) is 9.53 Å². The molecule has 0 bridgehead atoms. The van der Waals surface area contributed by atoms with E-state index < -0.39 is 0 Å². The van der Waals surface area contributed by atoms with Crippen LogP contribution in [0.5, 0.6) is 0 Å². The molecule has 1 amide bonds. The lowest BCUT2D eigenvalue weighted by atomic mass is 9.86. The van der Waals surface area contributed by atoms with Crippen molar-refractivity contribution in [2.45, 2.75) is 71.4 Å². The summed E-state index contributed by atoms with van der Waals surface area (Å²) in [6.45, 7) is 7.20. The number of rotatable bonds is 8. The first-order valence-electron chi connectivity index (χ1n) is 8.03. The van der Waals surface area contributed by atoms with Gasteiger partial charge in [0.15, 0.2) is 0 Å². The van der Waals surface area contributed by atoms with Crippen molar-refractivity contribution in [1.82, 2.24) is 5.32 Å². The molecule has 0 radical (unpaired) electrons. The van der Waals surface area contributed by atoms with E-state index in [1.54, 1.807) is 0 Å². The smallest absolute Gasteiger partial charge is 0.222 e. The van der Waals surface area contributed by atoms with Gasteiger partial charge >= 0.3 is 0 Å². The number of nitrogens with one attached hydrogen (secondary N) is 1. The minimum Gasteiger partial charge on any atom is -0.396 e. The Morgan fingerprint density at radius 2 is 1.90 bits per heavy atom. The van der Waals surface area contributed by atoms with Crippen molar-refractivity contribution in [1.29, 1.82) is 0 Å². The van der Waals surface area contributed by atoms with Gasteiger partial charge in [-0.2, -0.15) is 0 Å². The summed E-state index contributed by atoms with van der Waals surface area (Å²) in [6.07, 6.45) is 5.72. The molecular weight excluding hydrogens is 254 g/mol. The number of amides is 1. The third kappa shape index (κ3) is 7.25. The molecule has 0 aliphatic heterocycles. The second-order valence-corrected chi connectivity index (χ2v) is 6.53. The first-order valence-corrected chi connectivity index (χ1v) is 8.03. The Bertz CT molecular complexity index is 273. The molecule has 20 heavy (non-hydrogen) atoms. The van der Waals surface area contributed by atoms with E-state index in [0.29, 0.717) is 30.9 Å². The predicted molar refractivity (Wildman–Crippen MR) is 80.5 cm³/mol. The quantitative estimate of drug-likeness (QED) is 0.720. The van der Waals surface area contributed by atoms with Gasteiger partial charge in [0.1, 0.15) is 0 Å². The van der Waals surface area contributed by atoms with Crippen LogP contribution in [0.25, 0.3) is 0 Å². The van der Waals surface area contributed by atoms with Crippen molar-refractivity contribution >= 4 is 5.91 Å². The zero-order valence-electron chi connectivity index (χ0n) is 13.2. The predicted octanol–water partition coefficient (Wildman–Crippen LogP) is 2.50. The van der Waals surface area contributed by atoms with E-state index in [1.165, 1.54) is 0 Å². The highest BCUT2D eigenvalue weighted by molar-refractivity contribution is 5.76. The molecule has 0 aromatic rings. The van der Waals surface area contributed by atoms with Crippen LogP contribution in [0.3, 0.4) is 0 Å². The second kappa shape index (κ2) is 9.35. The zero-order valence-corrected chi connectivity index (χ0v) is 13.2. The number of hydrogen-bond donors (Lipinski definition) is 2. The van der Waals surface area contributed by atoms with E-state index in [2.05, 4.69) is 26.1 Å². The first kappa shape index (κ1) is 17.4. The molecule has 118 valence electrons. The van der Waals surface area contributed by atoms with E-state index in [1.807, 2.05) is 0 Å². The standard InChI is InChI=1S/C16H31NO3/c1-12(2)10-13(3)20-9-8-16(19)17-15-6-4-14(11-18)5-7-15/h12-15,18H,4-11H2,1-3H3,(H,17,19). The minimum absolute atomic E-state index is 0.0918. The lowest BCUT2D eigenvalue weighted by Crippen LogP contribution is -2.38. The van der Waals surface area contributed by atoms with Gasteiger partial charge in [0.2, 0.25) is 5.91 Å². The molecule has 0 spiro atoms. The second-order valence-electron chi connectivity index (χ2n) is 6.53. The molecule has 4 nitrogen and oxygen atoms in total. The minimum atomic E-state index is 0.0918.